The Kier molecular flexibility index (Phi) is 6.20. The predicted octanol–water partition coefficient (Wildman–Crippen LogP) is 4.43. The van der Waals surface area contributed by atoms with Crippen LogP contribution < -0.4 is 4.90 Å². The number of carbonyl (C=O) groups excluding carboxylic acids is 1. The molecule has 7 nitrogen and oxygen atoms in total. The van der Waals surface area contributed by atoms with Crippen molar-refractivity contribution in [2.24, 2.45) is 0 Å². The van der Waals surface area contributed by atoms with Crippen molar-refractivity contribution in [3.05, 3.63) is 65.4 Å². The lowest BCUT2D eigenvalue weighted by molar-refractivity contribution is 0.102. The molecule has 8 heteroatoms. The van der Waals surface area contributed by atoms with Crippen LogP contribution in [0, 0.1) is 6.92 Å². The van der Waals surface area contributed by atoms with Crippen molar-refractivity contribution in [2.45, 2.75) is 25.4 Å². The number of hydrogen-bond acceptors (Lipinski definition) is 6. The molecule has 170 valence electrons. The highest BCUT2D eigenvalue weighted by Crippen LogP contribution is 2.29. The third-order valence-electron chi connectivity index (χ3n) is 5.99. The number of ketones is 1. The molecule has 2 aromatic carbocycles. The van der Waals surface area contributed by atoms with Crippen LogP contribution in [0.3, 0.4) is 0 Å². The van der Waals surface area contributed by atoms with Crippen molar-refractivity contribution in [3.8, 4) is 5.69 Å². The van der Waals surface area contributed by atoms with E-state index in [1.54, 1.807) is 0 Å². The molecule has 0 saturated carbocycles. The average molecular weight is 462 g/mol. The first-order chi connectivity index (χ1) is 16.2. The van der Waals surface area contributed by atoms with Crippen molar-refractivity contribution in [1.29, 1.82) is 0 Å². The Balaban J connectivity index is 1.44. The fourth-order valence-electron chi connectivity index (χ4n) is 4.27. The Morgan fingerprint density at radius 3 is 2.76 bits per heavy atom. The van der Waals surface area contributed by atoms with Gasteiger partial charge in [-0.25, -0.2) is 0 Å². The van der Waals surface area contributed by atoms with Crippen LogP contribution in [0.1, 0.15) is 28.4 Å². The molecule has 0 spiro atoms. The first-order valence-corrected chi connectivity index (χ1v) is 12.2. The Morgan fingerprint density at radius 1 is 1.15 bits per heavy atom. The van der Waals surface area contributed by atoms with Crippen molar-refractivity contribution >= 4 is 34.4 Å². The standard InChI is InChI=1S/C25H27N5O2S/c1-3-18-7-5-9-20-21(15-26-23(18)20)22(31)16-33-25-28-27-24(29-10-12-32-13-11-29)30(25)19-8-4-6-17(2)14-19/h4-9,14-15,26H,3,10-13,16H2,1-2H3. The zero-order chi connectivity index (χ0) is 22.8. The van der Waals surface area contributed by atoms with Gasteiger partial charge in [0.1, 0.15) is 0 Å². The summed E-state index contributed by atoms with van der Waals surface area (Å²) in [5.74, 6) is 1.15. The summed E-state index contributed by atoms with van der Waals surface area (Å²) >= 11 is 1.43. The largest absolute Gasteiger partial charge is 0.378 e. The molecule has 1 aliphatic rings. The normalized spacial score (nSPS) is 14.2. The lowest BCUT2D eigenvalue weighted by Crippen LogP contribution is -2.37. The lowest BCUT2D eigenvalue weighted by atomic mass is 10.1. The number of carbonyl (C=O) groups is 1. The van der Waals surface area contributed by atoms with E-state index in [-0.39, 0.29) is 11.5 Å². The second-order valence-electron chi connectivity index (χ2n) is 8.16. The molecule has 0 aliphatic carbocycles. The monoisotopic (exact) mass is 461 g/mol. The number of aromatic nitrogens is 4. The van der Waals surface area contributed by atoms with Crippen LogP contribution in [-0.4, -0.2) is 57.6 Å². The van der Waals surface area contributed by atoms with Gasteiger partial charge in [0, 0.05) is 35.8 Å². The number of nitrogens with zero attached hydrogens (tertiary/aromatic N) is 4. The molecular formula is C25H27N5O2S. The SMILES string of the molecule is CCc1cccc2c(C(=O)CSc3nnc(N4CCOCC4)n3-c3cccc(C)c3)c[nH]c12. The molecular weight excluding hydrogens is 434 g/mol. The van der Waals surface area contributed by atoms with E-state index in [1.807, 2.05) is 24.4 Å². The molecule has 0 bridgehead atoms. The number of hydrogen-bond donors (Lipinski definition) is 1. The molecule has 0 unspecified atom stereocenters. The van der Waals surface area contributed by atoms with E-state index in [4.69, 9.17) is 4.74 Å². The fraction of sp³-hybridized carbons (Fsp3) is 0.320. The molecule has 0 radical (unpaired) electrons. The Morgan fingerprint density at radius 2 is 1.97 bits per heavy atom. The maximum Gasteiger partial charge on any atom is 0.232 e. The number of nitrogens with one attached hydrogen (secondary N) is 1. The van der Waals surface area contributed by atoms with Gasteiger partial charge in [-0.2, -0.15) is 0 Å². The molecule has 3 heterocycles. The van der Waals surface area contributed by atoms with Gasteiger partial charge in [-0.05, 0) is 36.6 Å². The topological polar surface area (TPSA) is 76.0 Å². The van der Waals surface area contributed by atoms with E-state index in [9.17, 15) is 4.79 Å². The van der Waals surface area contributed by atoms with E-state index in [0.29, 0.717) is 18.4 Å². The van der Waals surface area contributed by atoms with Gasteiger partial charge in [0.15, 0.2) is 10.9 Å². The molecule has 1 fully saturated rings. The Hall–Kier alpha value is -3.10. The number of morpholine rings is 1. The first kappa shape index (κ1) is 21.7. The zero-order valence-corrected chi connectivity index (χ0v) is 19.7. The molecule has 0 amide bonds. The quantitative estimate of drug-likeness (QED) is 0.324. The number of thioether (sulfide) groups is 1. The van der Waals surface area contributed by atoms with Crippen molar-refractivity contribution in [1.82, 2.24) is 19.7 Å². The van der Waals surface area contributed by atoms with E-state index in [2.05, 4.69) is 62.8 Å². The van der Waals surface area contributed by atoms with Crippen LogP contribution in [0.4, 0.5) is 5.95 Å². The lowest BCUT2D eigenvalue weighted by Gasteiger charge is -2.28. The third-order valence-corrected chi connectivity index (χ3v) is 6.91. The van der Waals surface area contributed by atoms with Crippen LogP contribution in [-0.2, 0) is 11.2 Å². The summed E-state index contributed by atoms with van der Waals surface area (Å²) in [5, 5.41) is 10.7. The average Bonchev–Trinajstić information content (AvgIpc) is 3.47. The summed E-state index contributed by atoms with van der Waals surface area (Å²) < 4.78 is 7.57. The summed E-state index contributed by atoms with van der Waals surface area (Å²) in [6.07, 6.45) is 2.75. The molecule has 1 aliphatic heterocycles. The number of anilines is 1. The van der Waals surface area contributed by atoms with Gasteiger partial charge in [-0.3, -0.25) is 9.36 Å². The van der Waals surface area contributed by atoms with Gasteiger partial charge in [0.25, 0.3) is 0 Å². The number of aromatic amines is 1. The minimum atomic E-state index is 0.0752. The van der Waals surface area contributed by atoms with E-state index >= 15 is 0 Å². The summed E-state index contributed by atoms with van der Waals surface area (Å²) in [4.78, 5) is 18.7. The van der Waals surface area contributed by atoms with E-state index < -0.39 is 0 Å². The Labute approximate surface area is 197 Å². The van der Waals surface area contributed by atoms with Gasteiger partial charge >= 0.3 is 0 Å². The van der Waals surface area contributed by atoms with Crippen molar-refractivity contribution < 1.29 is 9.53 Å². The van der Waals surface area contributed by atoms with Crippen LogP contribution in [0.5, 0.6) is 0 Å². The van der Waals surface area contributed by atoms with Crippen molar-refractivity contribution in [3.63, 3.8) is 0 Å². The molecule has 5 rings (SSSR count). The van der Waals surface area contributed by atoms with E-state index in [0.717, 1.165) is 53.2 Å². The van der Waals surface area contributed by atoms with Crippen LogP contribution in [0.15, 0.2) is 53.8 Å². The number of H-pyrrole nitrogens is 1. The molecule has 1 saturated heterocycles. The zero-order valence-electron chi connectivity index (χ0n) is 18.9. The summed E-state index contributed by atoms with van der Waals surface area (Å²) in [7, 11) is 0. The van der Waals surface area contributed by atoms with Crippen LogP contribution in [0.25, 0.3) is 16.6 Å². The maximum absolute atomic E-state index is 13.2. The number of aryl methyl sites for hydroxylation is 2. The summed E-state index contributed by atoms with van der Waals surface area (Å²) in [6, 6.07) is 14.4. The molecule has 4 aromatic rings. The predicted molar refractivity (Wildman–Crippen MR) is 132 cm³/mol. The van der Waals surface area contributed by atoms with E-state index in [1.165, 1.54) is 17.3 Å². The highest BCUT2D eigenvalue weighted by atomic mass is 32.2. The van der Waals surface area contributed by atoms with Crippen LogP contribution >= 0.6 is 11.8 Å². The first-order valence-electron chi connectivity index (χ1n) is 11.3. The minimum absolute atomic E-state index is 0.0752. The molecule has 1 N–H and O–H groups in total. The number of para-hydroxylation sites is 1. The second-order valence-corrected chi connectivity index (χ2v) is 9.11. The van der Waals surface area contributed by atoms with Gasteiger partial charge in [-0.15, -0.1) is 10.2 Å². The Bertz CT molecular complexity index is 1290. The maximum atomic E-state index is 13.2. The summed E-state index contributed by atoms with van der Waals surface area (Å²) in [5.41, 5.74) is 5.14. The highest BCUT2D eigenvalue weighted by Gasteiger charge is 2.23. The van der Waals surface area contributed by atoms with Gasteiger partial charge in [0.05, 0.1) is 24.7 Å². The number of fused-ring (bicyclic) bond motifs is 1. The number of benzene rings is 2. The van der Waals surface area contributed by atoms with Crippen LogP contribution in [0.2, 0.25) is 0 Å². The molecule has 2 aromatic heterocycles. The van der Waals surface area contributed by atoms with Gasteiger partial charge in [0.2, 0.25) is 5.95 Å². The third kappa shape index (κ3) is 4.28. The minimum Gasteiger partial charge on any atom is -0.378 e. The smallest absolute Gasteiger partial charge is 0.232 e. The van der Waals surface area contributed by atoms with Gasteiger partial charge < -0.3 is 14.6 Å². The van der Waals surface area contributed by atoms with Crippen molar-refractivity contribution in [2.75, 3.05) is 37.0 Å². The van der Waals surface area contributed by atoms with Gasteiger partial charge in [-0.1, -0.05) is 49.0 Å². The molecule has 0 atom stereocenters. The number of ether oxygens (including phenoxy) is 1. The molecule has 33 heavy (non-hydrogen) atoms. The second kappa shape index (κ2) is 9.41. The number of rotatable bonds is 7. The number of Topliss-reactive ketones (excluding diaryl/α,β-unsaturated/α-hetero) is 1. The summed E-state index contributed by atoms with van der Waals surface area (Å²) in [6.45, 7) is 7.06. The highest BCUT2D eigenvalue weighted by molar-refractivity contribution is 7.99. The fourth-order valence-corrected chi connectivity index (χ4v) is 5.10.